The van der Waals surface area contributed by atoms with E-state index in [1.54, 1.807) is 13.8 Å². The van der Waals surface area contributed by atoms with E-state index in [9.17, 15) is 14.7 Å². The highest BCUT2D eigenvalue weighted by atomic mass is 16.5. The van der Waals surface area contributed by atoms with Crippen molar-refractivity contribution >= 4 is 5.91 Å². The topological polar surface area (TPSA) is 98.4 Å². The van der Waals surface area contributed by atoms with Crippen LogP contribution in [0.3, 0.4) is 0 Å². The average Bonchev–Trinajstić information content (AvgIpc) is 2.93. The number of nitrogens with one attached hydrogen (secondary N) is 1. The fraction of sp³-hybridized carbons (Fsp3) is 0.438. The fourth-order valence-electron chi connectivity index (χ4n) is 2.76. The summed E-state index contributed by atoms with van der Waals surface area (Å²) in [7, 11) is 1.86. The third-order valence-electron chi connectivity index (χ3n) is 4.16. The van der Waals surface area contributed by atoms with Gasteiger partial charge in [0.2, 0.25) is 5.75 Å². The number of aromatic nitrogens is 3. The van der Waals surface area contributed by atoms with E-state index in [-0.39, 0.29) is 12.2 Å². The van der Waals surface area contributed by atoms with Crippen LogP contribution in [0, 0.1) is 0 Å². The fourth-order valence-corrected chi connectivity index (χ4v) is 2.76. The molecule has 24 heavy (non-hydrogen) atoms. The Kier molecular flexibility index (Phi) is 3.92. The van der Waals surface area contributed by atoms with Crippen LogP contribution in [0.5, 0.6) is 5.75 Å². The van der Waals surface area contributed by atoms with Crippen LogP contribution in [0.15, 0.2) is 23.1 Å². The number of hydrogen-bond acceptors (Lipinski definition) is 5. The Morgan fingerprint density at radius 3 is 2.92 bits per heavy atom. The number of carbonyl (C=O) groups is 1. The molecule has 0 bridgehead atoms. The molecule has 0 aliphatic carbocycles. The normalized spacial score (nSPS) is 15.8. The third kappa shape index (κ3) is 2.69. The molecule has 3 rings (SSSR count). The van der Waals surface area contributed by atoms with Crippen LogP contribution in [-0.4, -0.2) is 31.7 Å². The van der Waals surface area contributed by atoms with Gasteiger partial charge >= 0.3 is 0 Å². The summed E-state index contributed by atoms with van der Waals surface area (Å²) >= 11 is 0. The lowest BCUT2D eigenvalue weighted by Crippen LogP contribution is -2.42. The van der Waals surface area contributed by atoms with Crippen molar-refractivity contribution in [3.63, 3.8) is 0 Å². The Balaban J connectivity index is 1.93. The number of rotatable bonds is 3. The van der Waals surface area contributed by atoms with Crippen molar-refractivity contribution < 1.29 is 14.6 Å². The number of nitrogens with zero attached hydrogens (tertiary/aromatic N) is 3. The molecule has 0 spiro atoms. The highest BCUT2D eigenvalue weighted by Crippen LogP contribution is 2.27. The second-order valence-corrected chi connectivity index (χ2v) is 6.24. The second-order valence-electron chi connectivity index (χ2n) is 6.24. The van der Waals surface area contributed by atoms with Gasteiger partial charge < -0.3 is 19.7 Å². The number of carbonyl (C=O) groups excluding carboxylic acids is 1. The first-order chi connectivity index (χ1) is 11.3. The Hall–Kier alpha value is -2.61. The first-order valence-corrected chi connectivity index (χ1v) is 7.68. The Bertz CT molecular complexity index is 850. The Morgan fingerprint density at radius 2 is 2.25 bits per heavy atom. The molecule has 128 valence electrons. The summed E-state index contributed by atoms with van der Waals surface area (Å²) in [6.07, 6.45) is 1.86. The maximum atomic E-state index is 12.4. The summed E-state index contributed by atoms with van der Waals surface area (Å²) in [5, 5.41) is 12.8. The summed E-state index contributed by atoms with van der Waals surface area (Å²) < 4.78 is 8.84. The van der Waals surface area contributed by atoms with Crippen molar-refractivity contribution in [1.29, 1.82) is 0 Å². The molecule has 1 aliphatic heterocycles. The van der Waals surface area contributed by atoms with Gasteiger partial charge in [0.1, 0.15) is 11.4 Å². The van der Waals surface area contributed by atoms with Crippen molar-refractivity contribution in [1.82, 2.24) is 19.4 Å². The van der Waals surface area contributed by atoms with Gasteiger partial charge in [0, 0.05) is 18.9 Å². The lowest BCUT2D eigenvalue weighted by atomic mass is 10.1. The molecular weight excluding hydrogens is 312 g/mol. The van der Waals surface area contributed by atoms with Crippen LogP contribution in [0.2, 0.25) is 0 Å². The zero-order valence-electron chi connectivity index (χ0n) is 13.9. The third-order valence-corrected chi connectivity index (χ3v) is 4.16. The smallest absolute Gasteiger partial charge is 0.296 e. The van der Waals surface area contributed by atoms with E-state index in [0.29, 0.717) is 19.0 Å². The quantitative estimate of drug-likeness (QED) is 0.852. The van der Waals surface area contributed by atoms with Gasteiger partial charge in [-0.15, -0.1) is 0 Å². The predicted molar refractivity (Wildman–Crippen MR) is 85.7 cm³/mol. The standard InChI is InChI=1S/C16H20N4O4/c1-16(2)15-18-11(12(21)14(23)20(15)7-8-24-16)13(22)17-9-10-5-4-6-19(10)3/h4-6,21H,7-9H2,1-3H3,(H,17,22). The molecular formula is C16H20N4O4. The van der Waals surface area contributed by atoms with Crippen molar-refractivity contribution in [2.24, 2.45) is 7.05 Å². The van der Waals surface area contributed by atoms with Crippen molar-refractivity contribution in [2.45, 2.75) is 32.5 Å². The summed E-state index contributed by atoms with van der Waals surface area (Å²) in [6, 6.07) is 3.73. The van der Waals surface area contributed by atoms with Gasteiger partial charge in [0.15, 0.2) is 5.69 Å². The molecule has 0 saturated carbocycles. The van der Waals surface area contributed by atoms with Crippen LogP contribution in [0.4, 0.5) is 0 Å². The number of hydrogen-bond donors (Lipinski definition) is 2. The molecule has 2 N–H and O–H groups in total. The van der Waals surface area contributed by atoms with Gasteiger partial charge in [0.05, 0.1) is 19.7 Å². The Morgan fingerprint density at radius 1 is 1.50 bits per heavy atom. The molecule has 2 aromatic heterocycles. The van der Waals surface area contributed by atoms with Gasteiger partial charge in [-0.05, 0) is 26.0 Å². The van der Waals surface area contributed by atoms with Crippen LogP contribution in [0.25, 0.3) is 0 Å². The first kappa shape index (κ1) is 16.3. The van der Waals surface area contributed by atoms with Crippen molar-refractivity contribution in [3.05, 3.63) is 45.9 Å². The molecule has 0 fully saturated rings. The summed E-state index contributed by atoms with van der Waals surface area (Å²) in [5.41, 5.74) is -0.821. The number of aryl methyl sites for hydroxylation is 1. The maximum absolute atomic E-state index is 12.4. The van der Waals surface area contributed by atoms with E-state index < -0.39 is 22.8 Å². The van der Waals surface area contributed by atoms with Gasteiger partial charge in [0.25, 0.3) is 11.5 Å². The molecule has 2 aromatic rings. The van der Waals surface area contributed by atoms with Crippen LogP contribution in [-0.2, 0) is 30.5 Å². The SMILES string of the molecule is Cn1cccc1CNC(=O)c1nc2n(c(=O)c1O)CCOC2(C)C. The molecule has 1 amide bonds. The highest BCUT2D eigenvalue weighted by molar-refractivity contribution is 5.94. The molecule has 0 atom stereocenters. The molecule has 1 aliphatic rings. The predicted octanol–water partition coefficient (Wildman–Crippen LogP) is 0.483. The summed E-state index contributed by atoms with van der Waals surface area (Å²) in [5.74, 6) is -0.906. The lowest BCUT2D eigenvalue weighted by molar-refractivity contribution is -0.0566. The molecule has 8 nitrogen and oxygen atoms in total. The molecule has 0 saturated heterocycles. The van der Waals surface area contributed by atoms with Crippen LogP contribution < -0.4 is 10.9 Å². The minimum absolute atomic E-state index is 0.266. The minimum Gasteiger partial charge on any atom is -0.501 e. The largest absolute Gasteiger partial charge is 0.501 e. The number of aromatic hydroxyl groups is 1. The van der Waals surface area contributed by atoms with Crippen LogP contribution in [0.1, 0.15) is 35.9 Å². The van der Waals surface area contributed by atoms with E-state index in [1.807, 2.05) is 29.9 Å². The lowest BCUT2D eigenvalue weighted by Gasteiger charge is -2.32. The zero-order chi connectivity index (χ0) is 17.5. The highest BCUT2D eigenvalue weighted by Gasteiger charge is 2.34. The minimum atomic E-state index is -0.807. The summed E-state index contributed by atoms with van der Waals surface area (Å²) in [6.45, 7) is 4.45. The second kappa shape index (κ2) is 5.79. The van der Waals surface area contributed by atoms with E-state index >= 15 is 0 Å². The Labute approximate surface area is 138 Å². The molecule has 3 heterocycles. The molecule has 0 unspecified atom stereocenters. The van der Waals surface area contributed by atoms with E-state index in [1.165, 1.54) is 4.57 Å². The van der Waals surface area contributed by atoms with Gasteiger partial charge in [-0.25, -0.2) is 4.98 Å². The van der Waals surface area contributed by atoms with Gasteiger partial charge in [-0.2, -0.15) is 0 Å². The molecule has 0 radical (unpaired) electrons. The van der Waals surface area contributed by atoms with E-state index in [2.05, 4.69) is 10.3 Å². The van der Waals surface area contributed by atoms with Crippen molar-refractivity contribution in [3.8, 4) is 5.75 Å². The number of ether oxygens (including phenoxy) is 1. The van der Waals surface area contributed by atoms with Crippen molar-refractivity contribution in [2.75, 3.05) is 6.61 Å². The zero-order valence-corrected chi connectivity index (χ0v) is 13.9. The maximum Gasteiger partial charge on any atom is 0.296 e. The van der Waals surface area contributed by atoms with Gasteiger partial charge in [-0.1, -0.05) is 0 Å². The molecule has 0 aromatic carbocycles. The number of fused-ring (bicyclic) bond motifs is 1. The first-order valence-electron chi connectivity index (χ1n) is 7.68. The van der Waals surface area contributed by atoms with E-state index in [4.69, 9.17) is 4.74 Å². The number of amides is 1. The van der Waals surface area contributed by atoms with Gasteiger partial charge in [-0.3, -0.25) is 14.2 Å². The van der Waals surface area contributed by atoms with Crippen LogP contribution >= 0.6 is 0 Å². The molecule has 8 heteroatoms. The monoisotopic (exact) mass is 332 g/mol. The average molecular weight is 332 g/mol. The summed E-state index contributed by atoms with van der Waals surface area (Å²) in [4.78, 5) is 29.0. The van der Waals surface area contributed by atoms with E-state index in [0.717, 1.165) is 5.69 Å².